The number of nitrogens with one attached hydrogen (secondary N) is 3. The van der Waals surface area contributed by atoms with Crippen molar-refractivity contribution in [3.63, 3.8) is 0 Å². The Bertz CT molecular complexity index is 2060. The molecule has 0 bridgehead atoms. The Morgan fingerprint density at radius 1 is 0.925 bits per heavy atom. The minimum Gasteiger partial charge on any atom is -0.494 e. The van der Waals surface area contributed by atoms with Crippen LogP contribution in [0.5, 0.6) is 5.75 Å². The van der Waals surface area contributed by atoms with E-state index in [2.05, 4.69) is 72.7 Å². The number of amides is 1. The maximum atomic E-state index is 13.2. The van der Waals surface area contributed by atoms with Crippen molar-refractivity contribution in [2.75, 3.05) is 75.6 Å². The number of piperazine rings is 1. The standard InChI is InChI=1S/C41H49N9O3/c1-48-19-21-49(22-20-48)31-14-17-50(18-15-31)35-26-36(53-2)34(25-33(35)43-40(52)28-10-11-28)45-41-42-16-13-32(44-41)39-38(46-37(47-39)8-5-23-51)30-12-9-27-6-3-4-7-29(27)24-30/h3-4,6-7,9,12-13,16,24-26,28,31,51H,5,8,10-11,14-15,17-23H2,1-2H3,(H,43,52)(H,46,47)(H,42,44,45). The number of aryl methyl sites for hydroxylation is 1. The second-order valence-electron chi connectivity index (χ2n) is 14.6. The second kappa shape index (κ2) is 15.5. The van der Waals surface area contributed by atoms with Crippen molar-refractivity contribution in [1.82, 2.24) is 29.7 Å². The van der Waals surface area contributed by atoms with Gasteiger partial charge in [-0.3, -0.25) is 9.69 Å². The molecule has 0 radical (unpaired) electrons. The summed E-state index contributed by atoms with van der Waals surface area (Å²) in [5.74, 6) is 1.94. The molecule has 0 atom stereocenters. The minimum atomic E-state index is 0.0606. The lowest BCUT2D eigenvalue weighted by Crippen LogP contribution is -2.52. The van der Waals surface area contributed by atoms with Crippen LogP contribution in [0.3, 0.4) is 0 Å². The van der Waals surface area contributed by atoms with E-state index < -0.39 is 0 Å². The SMILES string of the molecule is COc1cc(N2CCC(N3CCN(C)CC3)CC2)c(NC(=O)C2CC2)cc1Nc1nccc(-c2[nH]c(CCCO)nc2-c2ccc3ccccc3c2)n1. The lowest BCUT2D eigenvalue weighted by atomic mass is 10.0. The molecular formula is C41H49N9O3. The number of carbonyl (C=O) groups is 1. The first-order chi connectivity index (χ1) is 25.9. The highest BCUT2D eigenvalue weighted by atomic mass is 16.5. The molecule has 0 unspecified atom stereocenters. The number of ether oxygens (including phenoxy) is 1. The summed E-state index contributed by atoms with van der Waals surface area (Å²) in [6.45, 7) is 6.39. The third-order valence-electron chi connectivity index (χ3n) is 10.9. The summed E-state index contributed by atoms with van der Waals surface area (Å²) in [5, 5.41) is 18.5. The zero-order valence-electron chi connectivity index (χ0n) is 30.6. The molecule has 5 aromatic rings. The van der Waals surface area contributed by atoms with E-state index in [0.29, 0.717) is 42.0 Å². The molecule has 0 spiro atoms. The number of hydrogen-bond acceptors (Lipinski definition) is 10. The molecule has 1 aliphatic carbocycles. The van der Waals surface area contributed by atoms with E-state index in [0.717, 1.165) is 110 Å². The quantitative estimate of drug-likeness (QED) is 0.123. The van der Waals surface area contributed by atoms with Crippen molar-refractivity contribution in [1.29, 1.82) is 0 Å². The van der Waals surface area contributed by atoms with Gasteiger partial charge in [0, 0.05) is 82.1 Å². The van der Waals surface area contributed by atoms with E-state index in [1.165, 1.54) is 0 Å². The first kappa shape index (κ1) is 35.0. The lowest BCUT2D eigenvalue weighted by Gasteiger charge is -2.43. The zero-order valence-corrected chi connectivity index (χ0v) is 30.6. The Hall–Kier alpha value is -5.04. The summed E-state index contributed by atoms with van der Waals surface area (Å²) in [6.07, 6.45) is 6.96. The number of fused-ring (bicyclic) bond motifs is 1. The van der Waals surface area contributed by atoms with Crippen LogP contribution in [0.15, 0.2) is 66.9 Å². The number of nitrogens with zero attached hydrogens (tertiary/aromatic N) is 6. The molecular weight excluding hydrogens is 667 g/mol. The van der Waals surface area contributed by atoms with Crippen LogP contribution < -0.4 is 20.3 Å². The van der Waals surface area contributed by atoms with E-state index in [1.807, 2.05) is 30.3 Å². The molecule has 12 nitrogen and oxygen atoms in total. The van der Waals surface area contributed by atoms with Gasteiger partial charge in [0.1, 0.15) is 11.6 Å². The Morgan fingerprint density at radius 3 is 2.47 bits per heavy atom. The molecule has 8 rings (SSSR count). The smallest absolute Gasteiger partial charge is 0.227 e. The van der Waals surface area contributed by atoms with E-state index >= 15 is 0 Å². The Kier molecular flexibility index (Phi) is 10.2. The Labute approximate surface area is 310 Å². The van der Waals surface area contributed by atoms with Crippen LogP contribution in [0.2, 0.25) is 0 Å². The van der Waals surface area contributed by atoms with Crippen LogP contribution in [-0.4, -0.2) is 107 Å². The molecule has 53 heavy (non-hydrogen) atoms. The molecule has 1 amide bonds. The largest absolute Gasteiger partial charge is 0.494 e. The predicted molar refractivity (Wildman–Crippen MR) is 210 cm³/mol. The number of methoxy groups -OCH3 is 1. The number of rotatable bonds is 12. The summed E-state index contributed by atoms with van der Waals surface area (Å²) >= 11 is 0. The van der Waals surface area contributed by atoms with Crippen LogP contribution in [0, 0.1) is 5.92 Å². The number of carbonyl (C=O) groups excluding carboxylic acids is 1. The van der Waals surface area contributed by atoms with Crippen LogP contribution in [0.4, 0.5) is 23.0 Å². The number of likely N-dealkylation sites (N-methyl/N-ethyl adjacent to an activating group) is 1. The summed E-state index contributed by atoms with van der Waals surface area (Å²) in [7, 11) is 3.86. The van der Waals surface area contributed by atoms with E-state index in [4.69, 9.17) is 14.7 Å². The predicted octanol–water partition coefficient (Wildman–Crippen LogP) is 5.93. The normalized spacial score (nSPS) is 17.3. The fourth-order valence-corrected chi connectivity index (χ4v) is 7.63. The van der Waals surface area contributed by atoms with Crippen molar-refractivity contribution >= 4 is 39.7 Å². The molecule has 3 aromatic carbocycles. The number of aromatic nitrogens is 4. The maximum Gasteiger partial charge on any atom is 0.227 e. The highest BCUT2D eigenvalue weighted by molar-refractivity contribution is 5.98. The van der Waals surface area contributed by atoms with Gasteiger partial charge in [-0.05, 0) is 68.1 Å². The molecule has 12 heteroatoms. The molecule has 3 fully saturated rings. The van der Waals surface area contributed by atoms with Crippen molar-refractivity contribution in [3.05, 3.63) is 72.7 Å². The zero-order chi connectivity index (χ0) is 36.3. The number of aliphatic hydroxyl groups is 1. The van der Waals surface area contributed by atoms with Gasteiger partial charge in [0.25, 0.3) is 0 Å². The van der Waals surface area contributed by atoms with Gasteiger partial charge in [0.2, 0.25) is 11.9 Å². The number of imidazole rings is 1. The van der Waals surface area contributed by atoms with Crippen molar-refractivity contribution < 1.29 is 14.6 Å². The Morgan fingerprint density at radius 2 is 1.72 bits per heavy atom. The number of benzene rings is 3. The third-order valence-corrected chi connectivity index (χ3v) is 10.9. The minimum absolute atomic E-state index is 0.0606. The third kappa shape index (κ3) is 7.85. The van der Waals surface area contributed by atoms with E-state index in [1.54, 1.807) is 13.3 Å². The lowest BCUT2D eigenvalue weighted by molar-refractivity contribution is -0.117. The fraction of sp³-hybridized carbons (Fsp3) is 0.415. The molecule has 2 aliphatic heterocycles. The van der Waals surface area contributed by atoms with Gasteiger partial charge < -0.3 is 35.3 Å². The van der Waals surface area contributed by atoms with Crippen LogP contribution in [-0.2, 0) is 11.2 Å². The molecule has 276 valence electrons. The molecule has 2 aromatic heterocycles. The first-order valence-electron chi connectivity index (χ1n) is 19.0. The van der Waals surface area contributed by atoms with Crippen LogP contribution in [0.1, 0.15) is 37.9 Å². The van der Waals surface area contributed by atoms with Gasteiger partial charge in [0.15, 0.2) is 0 Å². The number of anilines is 4. The van der Waals surface area contributed by atoms with Gasteiger partial charge in [0.05, 0.1) is 41.3 Å². The summed E-state index contributed by atoms with van der Waals surface area (Å²) in [4.78, 5) is 38.6. The van der Waals surface area contributed by atoms with Crippen LogP contribution in [0.25, 0.3) is 33.4 Å². The van der Waals surface area contributed by atoms with Crippen molar-refractivity contribution in [3.8, 4) is 28.4 Å². The van der Waals surface area contributed by atoms with E-state index in [-0.39, 0.29) is 18.4 Å². The fourth-order valence-electron chi connectivity index (χ4n) is 7.63. The van der Waals surface area contributed by atoms with Crippen LogP contribution >= 0.6 is 0 Å². The monoisotopic (exact) mass is 715 g/mol. The van der Waals surface area contributed by atoms with Gasteiger partial charge in [-0.1, -0.05) is 36.4 Å². The molecule has 4 heterocycles. The number of hydrogen-bond donors (Lipinski definition) is 4. The summed E-state index contributed by atoms with van der Waals surface area (Å²) < 4.78 is 5.96. The number of aromatic amines is 1. The van der Waals surface area contributed by atoms with Gasteiger partial charge in [-0.15, -0.1) is 0 Å². The maximum absolute atomic E-state index is 13.2. The van der Waals surface area contributed by atoms with Gasteiger partial charge in [-0.25, -0.2) is 15.0 Å². The molecule has 1 saturated carbocycles. The van der Waals surface area contributed by atoms with Crippen molar-refractivity contribution in [2.45, 2.75) is 44.6 Å². The second-order valence-corrected chi connectivity index (χ2v) is 14.6. The van der Waals surface area contributed by atoms with Crippen molar-refractivity contribution in [2.24, 2.45) is 5.92 Å². The Balaban J connectivity index is 1.08. The van der Waals surface area contributed by atoms with E-state index in [9.17, 15) is 9.90 Å². The number of piperidine rings is 1. The molecule has 2 saturated heterocycles. The summed E-state index contributed by atoms with van der Waals surface area (Å²) in [5.41, 5.74) is 5.61. The molecule has 4 N–H and O–H groups in total. The first-order valence-corrected chi connectivity index (χ1v) is 19.0. The van der Waals surface area contributed by atoms with Gasteiger partial charge >= 0.3 is 0 Å². The molecule has 3 aliphatic rings. The average Bonchev–Trinajstić information content (AvgIpc) is 3.97. The highest BCUT2D eigenvalue weighted by Crippen LogP contribution is 2.41. The summed E-state index contributed by atoms with van der Waals surface area (Å²) in [6, 6.07) is 21.0. The van der Waals surface area contributed by atoms with Gasteiger partial charge in [-0.2, -0.15) is 0 Å². The number of aliphatic hydroxyl groups excluding tert-OH is 1. The average molecular weight is 716 g/mol. The number of H-pyrrole nitrogens is 1. The highest BCUT2D eigenvalue weighted by Gasteiger charge is 2.32. The topological polar surface area (TPSA) is 135 Å².